The van der Waals surface area contributed by atoms with Crippen molar-refractivity contribution in [2.45, 2.75) is 17.2 Å². The van der Waals surface area contributed by atoms with Gasteiger partial charge in [-0.1, -0.05) is 0 Å². The number of nitrogens with one attached hydrogen (secondary N) is 1. The summed E-state index contributed by atoms with van der Waals surface area (Å²) in [6.07, 6.45) is 0. The molecule has 0 spiro atoms. The number of rotatable bonds is 5. The molecule has 0 aliphatic rings. The van der Waals surface area contributed by atoms with Crippen LogP contribution in [-0.2, 0) is 14.8 Å². The summed E-state index contributed by atoms with van der Waals surface area (Å²) >= 11 is 0.600. The first-order chi connectivity index (χ1) is 7.74. The summed E-state index contributed by atoms with van der Waals surface area (Å²) in [7, 11) is -3.91. The molecule has 1 aromatic rings. The lowest BCUT2D eigenvalue weighted by atomic mass is 10.4. The molecule has 94 valence electrons. The van der Waals surface area contributed by atoms with E-state index in [-0.39, 0.29) is 9.09 Å². The highest BCUT2D eigenvalue weighted by Gasteiger charge is 2.23. The number of carboxylic acid groups (broad SMARTS) is 1. The van der Waals surface area contributed by atoms with Crippen LogP contribution in [0.4, 0.5) is 0 Å². The fourth-order valence-corrected chi connectivity index (χ4v) is 3.30. The van der Waals surface area contributed by atoms with Gasteiger partial charge in [0.05, 0.1) is 6.04 Å². The molecule has 0 saturated heterocycles. The Balaban J connectivity index is 2.97. The van der Waals surface area contributed by atoms with E-state index in [1.807, 2.05) is 4.72 Å². The Morgan fingerprint density at radius 3 is 2.47 bits per heavy atom. The number of amides is 1. The molecule has 1 heterocycles. The number of sulfonamides is 1. The van der Waals surface area contributed by atoms with Gasteiger partial charge < -0.3 is 10.8 Å². The van der Waals surface area contributed by atoms with Crippen LogP contribution in [0.25, 0.3) is 0 Å². The maximum Gasteiger partial charge on any atom is 0.345 e. The second-order valence-electron chi connectivity index (χ2n) is 3.17. The van der Waals surface area contributed by atoms with Crippen molar-refractivity contribution in [3.63, 3.8) is 0 Å². The lowest BCUT2D eigenvalue weighted by molar-refractivity contribution is -0.119. The Hall–Kier alpha value is -1.45. The Bertz CT molecular complexity index is 548. The van der Waals surface area contributed by atoms with Gasteiger partial charge in [-0.2, -0.15) is 4.72 Å². The maximum atomic E-state index is 11.7. The third-order valence-electron chi connectivity index (χ3n) is 1.82. The van der Waals surface area contributed by atoms with Crippen molar-refractivity contribution in [3.05, 3.63) is 17.0 Å². The monoisotopic (exact) mass is 278 g/mol. The number of hydrogen-bond donors (Lipinski definition) is 3. The largest absolute Gasteiger partial charge is 0.477 e. The van der Waals surface area contributed by atoms with E-state index in [0.717, 1.165) is 6.07 Å². The molecule has 0 aromatic carbocycles. The second kappa shape index (κ2) is 4.82. The van der Waals surface area contributed by atoms with Crippen LogP contribution in [0.1, 0.15) is 16.6 Å². The first-order valence-electron chi connectivity index (χ1n) is 4.39. The van der Waals surface area contributed by atoms with Crippen LogP contribution in [0.15, 0.2) is 16.3 Å². The van der Waals surface area contributed by atoms with Crippen LogP contribution < -0.4 is 10.5 Å². The third kappa shape index (κ3) is 3.25. The van der Waals surface area contributed by atoms with Gasteiger partial charge in [0.1, 0.15) is 9.09 Å². The van der Waals surface area contributed by atoms with Crippen LogP contribution in [0.3, 0.4) is 0 Å². The van der Waals surface area contributed by atoms with Gasteiger partial charge in [0.15, 0.2) is 0 Å². The van der Waals surface area contributed by atoms with E-state index < -0.39 is 27.9 Å². The van der Waals surface area contributed by atoms with Crippen molar-refractivity contribution in [1.82, 2.24) is 4.72 Å². The molecule has 17 heavy (non-hydrogen) atoms. The summed E-state index contributed by atoms with van der Waals surface area (Å²) < 4.78 is 25.2. The number of nitrogens with two attached hydrogens (primary N) is 1. The van der Waals surface area contributed by atoms with E-state index in [1.165, 1.54) is 13.0 Å². The molecule has 0 aliphatic heterocycles. The van der Waals surface area contributed by atoms with Crippen molar-refractivity contribution < 1.29 is 23.1 Å². The van der Waals surface area contributed by atoms with Crippen LogP contribution in [0, 0.1) is 0 Å². The zero-order chi connectivity index (χ0) is 13.2. The zero-order valence-corrected chi connectivity index (χ0v) is 10.3. The summed E-state index contributed by atoms with van der Waals surface area (Å²) in [5.41, 5.74) is 4.92. The van der Waals surface area contributed by atoms with Crippen molar-refractivity contribution in [2.24, 2.45) is 5.73 Å². The first kappa shape index (κ1) is 13.6. The lowest BCUT2D eigenvalue weighted by Crippen LogP contribution is -2.41. The highest BCUT2D eigenvalue weighted by Crippen LogP contribution is 2.21. The molecule has 0 radical (unpaired) electrons. The standard InChI is InChI=1S/C8H10N2O5S2/c1-4(7(9)11)10-17(14,15)6-3-2-5(16-6)8(12)13/h2-4,10H,1H3,(H2,9,11)(H,12,13). The fourth-order valence-electron chi connectivity index (χ4n) is 0.928. The third-order valence-corrected chi connectivity index (χ3v) is 4.92. The minimum Gasteiger partial charge on any atom is -0.477 e. The molecule has 0 saturated carbocycles. The molecular weight excluding hydrogens is 268 g/mol. The quantitative estimate of drug-likeness (QED) is 0.675. The Labute approximate surface area is 101 Å². The lowest BCUT2D eigenvalue weighted by Gasteiger charge is -2.08. The summed E-state index contributed by atoms with van der Waals surface area (Å²) in [6, 6.07) is 1.27. The molecule has 0 aliphatic carbocycles. The number of hydrogen-bond acceptors (Lipinski definition) is 5. The highest BCUT2D eigenvalue weighted by molar-refractivity contribution is 7.91. The normalized spacial score (nSPS) is 13.2. The Morgan fingerprint density at radius 1 is 1.47 bits per heavy atom. The molecular formula is C8H10N2O5S2. The fraction of sp³-hybridized carbons (Fsp3) is 0.250. The Morgan fingerprint density at radius 2 is 2.06 bits per heavy atom. The number of carbonyl (C=O) groups excluding carboxylic acids is 1. The van der Waals surface area contributed by atoms with E-state index in [4.69, 9.17) is 10.8 Å². The summed E-state index contributed by atoms with van der Waals surface area (Å²) in [5, 5.41) is 8.66. The van der Waals surface area contributed by atoms with Gasteiger partial charge in [-0.05, 0) is 19.1 Å². The summed E-state index contributed by atoms with van der Waals surface area (Å²) in [4.78, 5) is 21.2. The number of carboxylic acids is 1. The van der Waals surface area contributed by atoms with Gasteiger partial charge in [0.2, 0.25) is 5.91 Å². The minimum absolute atomic E-state index is 0.0999. The van der Waals surface area contributed by atoms with Crippen molar-refractivity contribution >= 4 is 33.2 Å². The SMILES string of the molecule is CC(NS(=O)(=O)c1ccc(C(=O)O)s1)C(N)=O. The molecule has 1 atom stereocenters. The number of primary amides is 1. The molecule has 1 aromatic heterocycles. The average Bonchev–Trinajstić information content (AvgIpc) is 2.65. The van der Waals surface area contributed by atoms with Crippen LogP contribution in [0.5, 0.6) is 0 Å². The molecule has 9 heteroatoms. The second-order valence-corrected chi connectivity index (χ2v) is 6.19. The predicted molar refractivity (Wildman–Crippen MR) is 60.3 cm³/mol. The van der Waals surface area contributed by atoms with Crippen LogP contribution in [-0.4, -0.2) is 31.4 Å². The van der Waals surface area contributed by atoms with Crippen LogP contribution >= 0.6 is 11.3 Å². The van der Waals surface area contributed by atoms with Gasteiger partial charge in [-0.3, -0.25) is 4.79 Å². The maximum absolute atomic E-state index is 11.7. The number of aromatic carboxylic acids is 1. The molecule has 0 fully saturated rings. The molecule has 1 amide bonds. The van der Waals surface area contributed by atoms with E-state index in [9.17, 15) is 18.0 Å². The molecule has 4 N–H and O–H groups in total. The topological polar surface area (TPSA) is 127 Å². The van der Waals surface area contributed by atoms with Crippen molar-refractivity contribution in [3.8, 4) is 0 Å². The van der Waals surface area contributed by atoms with E-state index in [2.05, 4.69) is 0 Å². The molecule has 1 rings (SSSR count). The summed E-state index contributed by atoms with van der Waals surface area (Å²) in [5.74, 6) is -2.03. The zero-order valence-electron chi connectivity index (χ0n) is 8.71. The predicted octanol–water partition coefficient (Wildman–Crippen LogP) is -0.402. The molecule has 0 bridgehead atoms. The minimum atomic E-state index is -3.91. The van der Waals surface area contributed by atoms with E-state index in [0.29, 0.717) is 11.3 Å². The van der Waals surface area contributed by atoms with E-state index >= 15 is 0 Å². The van der Waals surface area contributed by atoms with E-state index in [1.54, 1.807) is 0 Å². The number of carbonyl (C=O) groups is 2. The number of thiophene rings is 1. The van der Waals surface area contributed by atoms with Crippen molar-refractivity contribution in [2.75, 3.05) is 0 Å². The smallest absolute Gasteiger partial charge is 0.345 e. The highest BCUT2D eigenvalue weighted by atomic mass is 32.2. The van der Waals surface area contributed by atoms with Crippen LogP contribution in [0.2, 0.25) is 0 Å². The van der Waals surface area contributed by atoms with Gasteiger partial charge in [0.25, 0.3) is 10.0 Å². The van der Waals surface area contributed by atoms with Gasteiger partial charge in [-0.25, -0.2) is 13.2 Å². The van der Waals surface area contributed by atoms with Gasteiger partial charge in [-0.15, -0.1) is 11.3 Å². The molecule has 7 nitrogen and oxygen atoms in total. The Kier molecular flexibility index (Phi) is 3.86. The average molecular weight is 278 g/mol. The summed E-state index contributed by atoms with van der Waals surface area (Å²) in [6.45, 7) is 1.30. The van der Waals surface area contributed by atoms with Crippen molar-refractivity contribution in [1.29, 1.82) is 0 Å². The van der Waals surface area contributed by atoms with Gasteiger partial charge in [0, 0.05) is 0 Å². The molecule has 1 unspecified atom stereocenters. The first-order valence-corrected chi connectivity index (χ1v) is 6.69. The van der Waals surface area contributed by atoms with Gasteiger partial charge >= 0.3 is 5.97 Å².